The molecule has 0 aromatic carbocycles. The Bertz CT molecular complexity index is 604. The number of aliphatic imine (C=N–C) groups is 1. The van der Waals surface area contributed by atoms with Crippen molar-refractivity contribution in [3.8, 4) is 6.07 Å². The molecule has 1 aliphatic rings. The molecular formula is C16H21N3S. The number of allylic oxidation sites excluding steroid dienone is 1. The quantitative estimate of drug-likeness (QED) is 0.478. The standard InChI is InChI=1S/C16H21N3S/c1-11(2)16(3)8-6-7-13-14(16)12(9-17)15(20-13)18-10-19(4)5/h10H,1,6-8H2,2-5H3/b18-10+/t16-/m1/s1. The number of thiophene rings is 1. The predicted molar refractivity (Wildman–Crippen MR) is 86.0 cm³/mol. The summed E-state index contributed by atoms with van der Waals surface area (Å²) in [7, 11) is 3.86. The van der Waals surface area contributed by atoms with Crippen molar-refractivity contribution in [2.45, 2.75) is 38.5 Å². The lowest BCUT2D eigenvalue weighted by Crippen LogP contribution is -2.28. The molecule has 0 spiro atoms. The van der Waals surface area contributed by atoms with E-state index in [2.05, 4.69) is 31.5 Å². The summed E-state index contributed by atoms with van der Waals surface area (Å²) in [4.78, 5) is 7.67. The summed E-state index contributed by atoms with van der Waals surface area (Å²) in [5, 5.41) is 10.4. The molecule has 20 heavy (non-hydrogen) atoms. The van der Waals surface area contributed by atoms with Crippen LogP contribution in [0, 0.1) is 11.3 Å². The minimum absolute atomic E-state index is 0.0823. The van der Waals surface area contributed by atoms with Crippen LogP contribution in [-0.2, 0) is 11.8 Å². The molecule has 0 saturated carbocycles. The number of nitriles is 1. The van der Waals surface area contributed by atoms with Crippen molar-refractivity contribution < 1.29 is 0 Å². The molecule has 1 aromatic heterocycles. The van der Waals surface area contributed by atoms with Gasteiger partial charge in [-0.05, 0) is 31.7 Å². The SMILES string of the molecule is C=C(C)[C@@]1(C)CCCc2sc(/N=C/N(C)C)c(C#N)c21. The van der Waals surface area contributed by atoms with E-state index in [1.165, 1.54) is 10.4 Å². The smallest absolute Gasteiger partial charge is 0.136 e. The fourth-order valence-corrected chi connectivity index (χ4v) is 4.00. The largest absolute Gasteiger partial charge is 0.369 e. The molecule has 1 heterocycles. The van der Waals surface area contributed by atoms with Crippen molar-refractivity contribution in [2.24, 2.45) is 4.99 Å². The van der Waals surface area contributed by atoms with Crippen LogP contribution in [0.5, 0.6) is 0 Å². The molecule has 0 fully saturated rings. The van der Waals surface area contributed by atoms with Gasteiger partial charge in [-0.1, -0.05) is 19.1 Å². The highest BCUT2D eigenvalue weighted by molar-refractivity contribution is 7.16. The van der Waals surface area contributed by atoms with Gasteiger partial charge in [-0.15, -0.1) is 11.3 Å². The topological polar surface area (TPSA) is 39.4 Å². The molecule has 3 nitrogen and oxygen atoms in total. The Labute approximate surface area is 125 Å². The van der Waals surface area contributed by atoms with Gasteiger partial charge in [0, 0.05) is 24.4 Å². The third-order valence-electron chi connectivity index (χ3n) is 4.05. The first-order valence-electron chi connectivity index (χ1n) is 6.83. The second-order valence-corrected chi connectivity index (χ2v) is 6.95. The van der Waals surface area contributed by atoms with Crippen LogP contribution in [0.1, 0.15) is 42.7 Å². The molecule has 0 saturated heterocycles. The number of aryl methyl sites for hydroxylation is 1. The van der Waals surface area contributed by atoms with Crippen molar-refractivity contribution in [2.75, 3.05) is 14.1 Å². The maximum Gasteiger partial charge on any atom is 0.136 e. The summed E-state index contributed by atoms with van der Waals surface area (Å²) in [6.07, 6.45) is 5.03. The van der Waals surface area contributed by atoms with Gasteiger partial charge >= 0.3 is 0 Å². The summed E-state index contributed by atoms with van der Waals surface area (Å²) in [6.45, 7) is 8.43. The van der Waals surface area contributed by atoms with E-state index in [1.54, 1.807) is 17.7 Å². The lowest BCUT2D eigenvalue weighted by Gasteiger charge is -2.35. The van der Waals surface area contributed by atoms with Gasteiger partial charge in [-0.3, -0.25) is 0 Å². The van der Waals surface area contributed by atoms with Crippen LogP contribution in [0.25, 0.3) is 0 Å². The zero-order chi connectivity index (χ0) is 14.9. The van der Waals surface area contributed by atoms with Crippen LogP contribution in [0.15, 0.2) is 17.1 Å². The van der Waals surface area contributed by atoms with Crippen LogP contribution in [0.3, 0.4) is 0 Å². The van der Waals surface area contributed by atoms with Crippen molar-refractivity contribution in [3.05, 3.63) is 28.2 Å². The van der Waals surface area contributed by atoms with Gasteiger partial charge < -0.3 is 4.90 Å². The summed E-state index contributed by atoms with van der Waals surface area (Å²) in [5.74, 6) is 0. The molecule has 0 aliphatic heterocycles. The van der Waals surface area contributed by atoms with Crippen LogP contribution in [-0.4, -0.2) is 25.3 Å². The molecule has 0 unspecified atom stereocenters. The summed E-state index contributed by atoms with van der Waals surface area (Å²) in [6, 6.07) is 2.37. The number of fused-ring (bicyclic) bond motifs is 1. The monoisotopic (exact) mass is 287 g/mol. The van der Waals surface area contributed by atoms with E-state index in [4.69, 9.17) is 0 Å². The third-order valence-corrected chi connectivity index (χ3v) is 5.21. The fraction of sp³-hybridized carbons (Fsp3) is 0.500. The van der Waals surface area contributed by atoms with Crippen molar-refractivity contribution in [3.63, 3.8) is 0 Å². The average molecular weight is 287 g/mol. The molecule has 106 valence electrons. The van der Waals surface area contributed by atoms with E-state index < -0.39 is 0 Å². The van der Waals surface area contributed by atoms with E-state index in [0.29, 0.717) is 0 Å². The molecule has 0 radical (unpaired) electrons. The van der Waals surface area contributed by atoms with Gasteiger partial charge in [-0.25, -0.2) is 4.99 Å². The zero-order valence-electron chi connectivity index (χ0n) is 12.7. The first kappa shape index (κ1) is 14.8. The van der Waals surface area contributed by atoms with Gasteiger partial charge in [-0.2, -0.15) is 5.26 Å². The molecule has 4 heteroatoms. The minimum atomic E-state index is -0.0823. The molecule has 1 aliphatic carbocycles. The Morgan fingerprint density at radius 2 is 2.25 bits per heavy atom. The molecule has 0 amide bonds. The predicted octanol–water partition coefficient (Wildman–Crippen LogP) is 4.01. The molecule has 0 bridgehead atoms. The van der Waals surface area contributed by atoms with E-state index in [-0.39, 0.29) is 5.41 Å². The van der Waals surface area contributed by atoms with Gasteiger partial charge in [0.15, 0.2) is 0 Å². The number of rotatable bonds is 3. The van der Waals surface area contributed by atoms with Crippen LogP contribution in [0.2, 0.25) is 0 Å². The van der Waals surface area contributed by atoms with Crippen molar-refractivity contribution in [1.82, 2.24) is 4.90 Å². The van der Waals surface area contributed by atoms with Crippen molar-refractivity contribution >= 4 is 22.7 Å². The van der Waals surface area contributed by atoms with Crippen molar-refractivity contribution in [1.29, 1.82) is 5.26 Å². The minimum Gasteiger partial charge on any atom is -0.369 e. The zero-order valence-corrected chi connectivity index (χ0v) is 13.5. The maximum absolute atomic E-state index is 9.58. The van der Waals surface area contributed by atoms with Gasteiger partial charge in [0.05, 0.1) is 11.9 Å². The fourth-order valence-electron chi connectivity index (χ4n) is 2.74. The Morgan fingerprint density at radius 3 is 2.80 bits per heavy atom. The van der Waals surface area contributed by atoms with E-state index in [9.17, 15) is 5.26 Å². The highest BCUT2D eigenvalue weighted by Gasteiger charge is 2.37. The number of hydrogen-bond acceptors (Lipinski definition) is 3. The average Bonchev–Trinajstić information content (AvgIpc) is 2.75. The first-order valence-corrected chi connectivity index (χ1v) is 7.64. The Kier molecular flexibility index (Phi) is 4.01. The molecule has 1 atom stereocenters. The van der Waals surface area contributed by atoms with E-state index in [1.807, 2.05) is 19.0 Å². The van der Waals surface area contributed by atoms with Gasteiger partial charge in [0.25, 0.3) is 0 Å². The molecule has 2 rings (SSSR count). The normalized spacial score (nSPS) is 21.6. The highest BCUT2D eigenvalue weighted by atomic mass is 32.1. The van der Waals surface area contributed by atoms with Crippen LogP contribution >= 0.6 is 11.3 Å². The number of hydrogen-bond donors (Lipinski definition) is 0. The lowest BCUT2D eigenvalue weighted by molar-refractivity contribution is 0.461. The Morgan fingerprint density at radius 1 is 1.55 bits per heavy atom. The van der Waals surface area contributed by atoms with Crippen LogP contribution in [0.4, 0.5) is 5.00 Å². The second-order valence-electron chi connectivity index (χ2n) is 5.87. The van der Waals surface area contributed by atoms with E-state index in [0.717, 1.165) is 35.4 Å². The Balaban J connectivity index is 2.60. The second kappa shape index (κ2) is 5.41. The Hall–Kier alpha value is -1.60. The molecular weight excluding hydrogens is 266 g/mol. The maximum atomic E-state index is 9.58. The summed E-state index contributed by atoms with van der Waals surface area (Å²) >= 11 is 1.66. The molecule has 1 aromatic rings. The third kappa shape index (κ3) is 2.38. The summed E-state index contributed by atoms with van der Waals surface area (Å²) in [5.41, 5.74) is 2.97. The highest BCUT2D eigenvalue weighted by Crippen LogP contribution is 2.49. The lowest BCUT2D eigenvalue weighted by atomic mass is 9.69. The number of nitrogens with zero attached hydrogens (tertiary/aromatic N) is 3. The van der Waals surface area contributed by atoms with E-state index >= 15 is 0 Å². The van der Waals surface area contributed by atoms with Gasteiger partial charge in [0.1, 0.15) is 11.1 Å². The van der Waals surface area contributed by atoms with Gasteiger partial charge in [0.2, 0.25) is 0 Å². The van der Waals surface area contributed by atoms with Crippen LogP contribution < -0.4 is 0 Å². The molecule has 0 N–H and O–H groups in total. The summed E-state index contributed by atoms with van der Waals surface area (Å²) < 4.78 is 0. The first-order chi connectivity index (χ1) is 9.40.